The lowest BCUT2D eigenvalue weighted by Crippen LogP contribution is -2.23. The molecule has 1 heteroatoms. The van der Waals surface area contributed by atoms with Gasteiger partial charge in [0.2, 0.25) is 0 Å². The lowest BCUT2D eigenvalue weighted by Gasteiger charge is -1.89. The van der Waals surface area contributed by atoms with Crippen molar-refractivity contribution in [2.24, 2.45) is 0 Å². The van der Waals surface area contributed by atoms with Crippen molar-refractivity contribution in [1.29, 1.82) is 0 Å². The first-order chi connectivity index (χ1) is 5.72. The molecule has 0 saturated carbocycles. The summed E-state index contributed by atoms with van der Waals surface area (Å²) in [5.41, 5.74) is 0. The Morgan fingerprint density at radius 1 is 1.25 bits per heavy atom. The highest BCUT2D eigenvalue weighted by atomic mass is 16.3. The molecule has 0 spiro atoms. The van der Waals surface area contributed by atoms with Crippen LogP contribution in [0.3, 0.4) is 0 Å². The van der Waals surface area contributed by atoms with Gasteiger partial charge in [-0.1, -0.05) is 44.7 Å². The Kier molecular flexibility index (Phi) is 4.86. The van der Waals surface area contributed by atoms with Gasteiger partial charge in [0, 0.05) is 5.22 Å². The molecule has 12 heavy (non-hydrogen) atoms. The van der Waals surface area contributed by atoms with Gasteiger partial charge in [-0.25, -0.2) is 0 Å². The van der Waals surface area contributed by atoms with Gasteiger partial charge in [0.25, 0.3) is 0 Å². The third kappa shape index (κ3) is 2.79. The summed E-state index contributed by atoms with van der Waals surface area (Å²) in [5.74, 6) is 0.325. The summed E-state index contributed by atoms with van der Waals surface area (Å²) < 4.78 is 0. The van der Waals surface area contributed by atoms with E-state index in [0.717, 1.165) is 10.4 Å². The maximum Gasteiger partial charge on any atom is 0.0969 e. The monoisotopic (exact) mass is 164 g/mol. The molecule has 0 aliphatic carbocycles. The number of rotatable bonds is 0. The van der Waals surface area contributed by atoms with Crippen LogP contribution in [-0.2, 0) is 0 Å². The molecule has 66 valence electrons. The van der Waals surface area contributed by atoms with Gasteiger partial charge in [0.15, 0.2) is 0 Å². The Hall–Kier alpha value is -1.24. The molecule has 0 heterocycles. The number of aliphatic hydroxyl groups excluding tert-OH is 1. The van der Waals surface area contributed by atoms with Crippen molar-refractivity contribution in [2.45, 2.75) is 20.8 Å². The zero-order valence-electron chi connectivity index (χ0n) is 7.96. The molecule has 0 aromatic heterocycles. The van der Waals surface area contributed by atoms with E-state index in [4.69, 9.17) is 5.11 Å². The molecule has 0 atom stereocenters. The molecule has 0 saturated heterocycles. The SMILES string of the molecule is C=c1cccc/c1=C(\C)O.CC. The molecular formula is C11H16O. The fraction of sp³-hybridized carbons (Fsp3) is 0.273. The number of aliphatic hydroxyl groups is 1. The molecule has 0 bridgehead atoms. The van der Waals surface area contributed by atoms with Crippen molar-refractivity contribution in [2.75, 3.05) is 0 Å². The van der Waals surface area contributed by atoms with Gasteiger partial charge in [-0.2, -0.15) is 0 Å². The van der Waals surface area contributed by atoms with Gasteiger partial charge in [0.1, 0.15) is 0 Å². The number of hydrogen-bond acceptors (Lipinski definition) is 1. The van der Waals surface area contributed by atoms with E-state index in [9.17, 15) is 0 Å². The summed E-state index contributed by atoms with van der Waals surface area (Å²) in [6, 6.07) is 7.49. The van der Waals surface area contributed by atoms with E-state index >= 15 is 0 Å². The van der Waals surface area contributed by atoms with Crippen LogP contribution >= 0.6 is 0 Å². The predicted octanol–water partition coefficient (Wildman–Crippen LogP) is 1.81. The van der Waals surface area contributed by atoms with E-state index in [-0.39, 0.29) is 0 Å². The standard InChI is InChI=1S/C9H10O.C2H6/c1-7-5-3-4-6-9(7)8(2)10;1-2/h3-6,10H,1H2,2H3;1-2H3/b9-8-;. The van der Waals surface area contributed by atoms with Gasteiger partial charge in [-0.3, -0.25) is 0 Å². The maximum atomic E-state index is 9.08. The lowest BCUT2D eigenvalue weighted by atomic mass is 10.2. The quantitative estimate of drug-likeness (QED) is 0.620. The summed E-state index contributed by atoms with van der Waals surface area (Å²) in [6.07, 6.45) is 0. The zero-order valence-corrected chi connectivity index (χ0v) is 7.96. The molecule has 0 amide bonds. The highest BCUT2D eigenvalue weighted by Crippen LogP contribution is 1.77. The van der Waals surface area contributed by atoms with Gasteiger partial charge in [-0.15, -0.1) is 0 Å². The van der Waals surface area contributed by atoms with Crippen LogP contribution < -0.4 is 10.4 Å². The van der Waals surface area contributed by atoms with E-state index in [1.54, 1.807) is 6.92 Å². The van der Waals surface area contributed by atoms with E-state index in [1.807, 2.05) is 38.1 Å². The van der Waals surface area contributed by atoms with E-state index in [2.05, 4.69) is 6.58 Å². The normalized spacial score (nSPS) is 11.2. The smallest absolute Gasteiger partial charge is 0.0969 e. The first-order valence-electron chi connectivity index (χ1n) is 4.15. The third-order valence-corrected chi connectivity index (χ3v) is 1.41. The van der Waals surface area contributed by atoms with Crippen LogP contribution in [0.5, 0.6) is 0 Å². The van der Waals surface area contributed by atoms with Crippen molar-refractivity contribution in [3.8, 4) is 0 Å². The molecule has 0 radical (unpaired) electrons. The van der Waals surface area contributed by atoms with E-state index < -0.39 is 0 Å². The van der Waals surface area contributed by atoms with Gasteiger partial charge in [0.05, 0.1) is 5.76 Å². The Morgan fingerprint density at radius 3 is 2.08 bits per heavy atom. The topological polar surface area (TPSA) is 20.2 Å². The average molecular weight is 164 g/mol. The van der Waals surface area contributed by atoms with Gasteiger partial charge < -0.3 is 5.11 Å². The summed E-state index contributed by atoms with van der Waals surface area (Å²) in [6.45, 7) is 9.42. The second kappa shape index (κ2) is 5.42. The largest absolute Gasteiger partial charge is 0.512 e. The Labute approximate surface area is 73.7 Å². The van der Waals surface area contributed by atoms with Crippen molar-refractivity contribution in [1.82, 2.24) is 0 Å². The second-order valence-corrected chi connectivity index (χ2v) is 2.24. The van der Waals surface area contributed by atoms with Crippen LogP contribution in [0.2, 0.25) is 0 Å². The highest BCUT2D eigenvalue weighted by Gasteiger charge is 1.83. The molecule has 0 aliphatic rings. The van der Waals surface area contributed by atoms with Crippen LogP contribution in [0.25, 0.3) is 12.3 Å². The first-order valence-corrected chi connectivity index (χ1v) is 4.15. The van der Waals surface area contributed by atoms with Gasteiger partial charge >= 0.3 is 0 Å². The van der Waals surface area contributed by atoms with Crippen LogP contribution in [0, 0.1) is 0 Å². The van der Waals surface area contributed by atoms with E-state index in [0.29, 0.717) is 5.76 Å². The molecule has 1 nitrogen and oxygen atoms in total. The molecule has 0 fully saturated rings. The minimum Gasteiger partial charge on any atom is -0.512 e. The molecule has 0 unspecified atom stereocenters. The Bertz CT molecular complexity index is 321. The Morgan fingerprint density at radius 2 is 1.75 bits per heavy atom. The first kappa shape index (κ1) is 10.8. The Balaban J connectivity index is 0.000000561. The number of hydrogen-bond donors (Lipinski definition) is 1. The second-order valence-electron chi connectivity index (χ2n) is 2.24. The molecule has 0 aliphatic heterocycles. The van der Waals surface area contributed by atoms with Crippen molar-refractivity contribution < 1.29 is 5.11 Å². The van der Waals surface area contributed by atoms with Gasteiger partial charge in [-0.05, 0) is 12.1 Å². The fourth-order valence-corrected chi connectivity index (χ4v) is 0.873. The maximum absolute atomic E-state index is 9.08. The minimum absolute atomic E-state index is 0.325. The number of benzene rings is 1. The average Bonchev–Trinajstić information content (AvgIpc) is 2.08. The molecule has 1 aromatic rings. The van der Waals surface area contributed by atoms with Crippen molar-refractivity contribution in [3.05, 3.63) is 34.7 Å². The van der Waals surface area contributed by atoms with Crippen LogP contribution in [0.4, 0.5) is 0 Å². The van der Waals surface area contributed by atoms with E-state index in [1.165, 1.54) is 0 Å². The van der Waals surface area contributed by atoms with Crippen molar-refractivity contribution in [3.63, 3.8) is 0 Å². The molecule has 1 aromatic carbocycles. The summed E-state index contributed by atoms with van der Waals surface area (Å²) >= 11 is 0. The summed E-state index contributed by atoms with van der Waals surface area (Å²) in [4.78, 5) is 0. The summed E-state index contributed by atoms with van der Waals surface area (Å²) in [5, 5.41) is 10.8. The lowest BCUT2D eigenvalue weighted by molar-refractivity contribution is 0.498. The van der Waals surface area contributed by atoms with Crippen LogP contribution in [-0.4, -0.2) is 5.11 Å². The molecule has 1 rings (SSSR count). The summed E-state index contributed by atoms with van der Waals surface area (Å²) in [7, 11) is 0. The molecule has 1 N–H and O–H groups in total. The zero-order chi connectivity index (χ0) is 9.56. The van der Waals surface area contributed by atoms with Crippen LogP contribution in [0.15, 0.2) is 24.3 Å². The fourth-order valence-electron chi connectivity index (χ4n) is 0.873. The van der Waals surface area contributed by atoms with Crippen LogP contribution in [0.1, 0.15) is 20.8 Å². The molecular weight excluding hydrogens is 148 g/mol. The minimum atomic E-state index is 0.325. The van der Waals surface area contributed by atoms with Crippen molar-refractivity contribution >= 4 is 12.3 Å². The highest BCUT2D eigenvalue weighted by molar-refractivity contribution is 5.32. The predicted molar refractivity (Wildman–Crippen MR) is 54.3 cm³/mol. The third-order valence-electron chi connectivity index (χ3n) is 1.41.